The van der Waals surface area contributed by atoms with E-state index in [9.17, 15) is 9.90 Å². The molecule has 0 bridgehead atoms. The summed E-state index contributed by atoms with van der Waals surface area (Å²) >= 11 is 0. The van der Waals surface area contributed by atoms with E-state index in [4.69, 9.17) is 4.74 Å². The molecule has 0 aliphatic rings. The van der Waals surface area contributed by atoms with E-state index in [0.717, 1.165) is 0 Å². The summed E-state index contributed by atoms with van der Waals surface area (Å²) < 4.78 is 6.49. The SMILES string of the molecule is CCOC(=O)c1nnn(CC(C)(C)O)c1-c1cccnc1. The number of ether oxygens (including phenoxy) is 1. The number of carbonyl (C=O) groups excluding carboxylic acids is 1. The highest BCUT2D eigenvalue weighted by atomic mass is 16.5. The number of rotatable bonds is 5. The molecule has 0 spiro atoms. The summed E-state index contributed by atoms with van der Waals surface area (Å²) in [5.41, 5.74) is 0.309. The van der Waals surface area contributed by atoms with Crippen molar-refractivity contribution in [2.45, 2.75) is 32.9 Å². The summed E-state index contributed by atoms with van der Waals surface area (Å²) in [5, 5.41) is 17.8. The first-order valence-electron chi connectivity index (χ1n) is 6.66. The van der Waals surface area contributed by atoms with Crippen molar-refractivity contribution in [2.75, 3.05) is 6.61 Å². The average Bonchev–Trinajstić information content (AvgIpc) is 2.81. The van der Waals surface area contributed by atoms with E-state index in [1.807, 2.05) is 0 Å². The molecule has 0 aliphatic heterocycles. The molecular weight excluding hydrogens is 272 g/mol. The third-order valence-corrected chi connectivity index (χ3v) is 2.68. The Balaban J connectivity index is 2.50. The molecule has 0 atom stereocenters. The number of nitrogens with zero attached hydrogens (tertiary/aromatic N) is 4. The molecule has 0 unspecified atom stereocenters. The van der Waals surface area contributed by atoms with E-state index in [2.05, 4.69) is 15.3 Å². The molecule has 0 aliphatic carbocycles. The van der Waals surface area contributed by atoms with Crippen molar-refractivity contribution < 1.29 is 14.6 Å². The molecule has 2 aromatic heterocycles. The minimum atomic E-state index is -0.989. The van der Waals surface area contributed by atoms with Crippen molar-refractivity contribution in [1.29, 1.82) is 0 Å². The molecule has 7 nitrogen and oxygen atoms in total. The molecule has 0 amide bonds. The smallest absolute Gasteiger partial charge is 0.361 e. The predicted molar refractivity (Wildman–Crippen MR) is 75.5 cm³/mol. The molecular formula is C14H18N4O3. The number of hydrogen-bond donors (Lipinski definition) is 1. The molecule has 21 heavy (non-hydrogen) atoms. The number of aliphatic hydroxyl groups is 1. The Hall–Kier alpha value is -2.28. The standard InChI is InChI=1S/C14H18N4O3/c1-4-21-13(19)11-12(10-6-5-7-15-8-10)18(17-16-11)9-14(2,3)20/h5-8,20H,4,9H2,1-3H3. The Labute approximate surface area is 122 Å². The van der Waals surface area contributed by atoms with Crippen LogP contribution in [0.15, 0.2) is 24.5 Å². The molecule has 0 saturated carbocycles. The van der Waals surface area contributed by atoms with Gasteiger partial charge in [-0.3, -0.25) is 4.98 Å². The van der Waals surface area contributed by atoms with Crippen LogP contribution in [0.25, 0.3) is 11.3 Å². The first kappa shape index (κ1) is 15.1. The van der Waals surface area contributed by atoms with Gasteiger partial charge in [-0.1, -0.05) is 5.21 Å². The first-order chi connectivity index (χ1) is 9.92. The van der Waals surface area contributed by atoms with Crippen molar-refractivity contribution in [2.24, 2.45) is 0 Å². The minimum Gasteiger partial charge on any atom is -0.461 e. The molecule has 2 rings (SSSR count). The lowest BCUT2D eigenvalue weighted by atomic mass is 10.1. The van der Waals surface area contributed by atoms with Gasteiger partial charge in [0.1, 0.15) is 5.69 Å². The highest BCUT2D eigenvalue weighted by molar-refractivity contribution is 5.94. The molecule has 0 saturated heterocycles. The maximum atomic E-state index is 12.0. The van der Waals surface area contributed by atoms with E-state index >= 15 is 0 Å². The lowest BCUT2D eigenvalue weighted by Gasteiger charge is -2.18. The van der Waals surface area contributed by atoms with Gasteiger partial charge in [0, 0.05) is 18.0 Å². The fourth-order valence-corrected chi connectivity index (χ4v) is 1.92. The van der Waals surface area contributed by atoms with Crippen molar-refractivity contribution in [3.63, 3.8) is 0 Å². The van der Waals surface area contributed by atoms with Crippen molar-refractivity contribution in [1.82, 2.24) is 20.0 Å². The summed E-state index contributed by atoms with van der Waals surface area (Å²) in [5.74, 6) is -0.543. The lowest BCUT2D eigenvalue weighted by Crippen LogP contribution is -2.27. The van der Waals surface area contributed by atoms with Crippen molar-refractivity contribution >= 4 is 5.97 Å². The van der Waals surface area contributed by atoms with Gasteiger partial charge in [-0.15, -0.1) is 5.10 Å². The number of carbonyl (C=O) groups is 1. The second-order valence-electron chi connectivity index (χ2n) is 5.22. The summed E-state index contributed by atoms with van der Waals surface area (Å²) in [7, 11) is 0. The molecule has 7 heteroatoms. The summed E-state index contributed by atoms with van der Waals surface area (Å²) in [6.07, 6.45) is 3.25. The number of hydrogen-bond acceptors (Lipinski definition) is 6. The summed E-state index contributed by atoms with van der Waals surface area (Å²) in [6.45, 7) is 5.49. The van der Waals surface area contributed by atoms with Crippen LogP contribution in [0.2, 0.25) is 0 Å². The van der Waals surface area contributed by atoms with Crippen molar-refractivity contribution in [3.8, 4) is 11.3 Å². The third kappa shape index (κ3) is 3.63. The zero-order valence-corrected chi connectivity index (χ0v) is 12.3. The monoisotopic (exact) mass is 290 g/mol. The Morgan fingerprint density at radius 2 is 2.24 bits per heavy atom. The first-order valence-corrected chi connectivity index (χ1v) is 6.66. The van der Waals surface area contributed by atoms with Gasteiger partial charge in [-0.25, -0.2) is 9.48 Å². The molecule has 112 valence electrons. The Morgan fingerprint density at radius 1 is 1.48 bits per heavy atom. The van der Waals surface area contributed by atoms with Crippen LogP contribution >= 0.6 is 0 Å². The van der Waals surface area contributed by atoms with Crippen LogP contribution in [0.1, 0.15) is 31.3 Å². The molecule has 2 heterocycles. The highest BCUT2D eigenvalue weighted by Gasteiger charge is 2.25. The minimum absolute atomic E-state index is 0.120. The van der Waals surface area contributed by atoms with Crippen LogP contribution in [0.4, 0.5) is 0 Å². The average molecular weight is 290 g/mol. The van der Waals surface area contributed by atoms with Crippen molar-refractivity contribution in [3.05, 3.63) is 30.2 Å². The maximum Gasteiger partial charge on any atom is 0.361 e. The molecule has 0 radical (unpaired) electrons. The van der Waals surface area contributed by atoms with Crippen LogP contribution < -0.4 is 0 Å². The maximum absolute atomic E-state index is 12.0. The van der Waals surface area contributed by atoms with Gasteiger partial charge >= 0.3 is 5.97 Å². The number of pyridine rings is 1. The van der Waals surface area contributed by atoms with Gasteiger partial charge in [0.2, 0.25) is 0 Å². The third-order valence-electron chi connectivity index (χ3n) is 2.68. The summed E-state index contributed by atoms with van der Waals surface area (Å²) in [6, 6.07) is 3.56. The Bertz CT molecular complexity index is 617. The second kappa shape index (κ2) is 6.01. The molecule has 2 aromatic rings. The van der Waals surface area contributed by atoms with E-state index < -0.39 is 11.6 Å². The molecule has 0 fully saturated rings. The van der Waals surface area contributed by atoms with Crippen LogP contribution in [0, 0.1) is 0 Å². The van der Waals surface area contributed by atoms with Gasteiger partial charge in [0.05, 0.1) is 18.8 Å². The Kier molecular flexibility index (Phi) is 4.32. The molecule has 0 aromatic carbocycles. The summed E-state index contributed by atoms with van der Waals surface area (Å²) in [4.78, 5) is 16.0. The zero-order chi connectivity index (χ0) is 15.5. The van der Waals surface area contributed by atoms with Gasteiger partial charge < -0.3 is 9.84 Å². The van der Waals surface area contributed by atoms with Crippen LogP contribution in [0.3, 0.4) is 0 Å². The Morgan fingerprint density at radius 3 is 2.81 bits per heavy atom. The number of aromatic nitrogens is 4. The zero-order valence-electron chi connectivity index (χ0n) is 12.3. The van der Waals surface area contributed by atoms with Crippen LogP contribution in [-0.4, -0.2) is 43.3 Å². The van der Waals surface area contributed by atoms with Gasteiger partial charge in [-0.2, -0.15) is 0 Å². The van der Waals surface area contributed by atoms with Gasteiger partial charge in [0.25, 0.3) is 0 Å². The normalized spacial score (nSPS) is 11.4. The highest BCUT2D eigenvalue weighted by Crippen LogP contribution is 2.23. The quantitative estimate of drug-likeness (QED) is 0.834. The van der Waals surface area contributed by atoms with E-state index in [1.54, 1.807) is 45.3 Å². The largest absolute Gasteiger partial charge is 0.461 e. The second-order valence-corrected chi connectivity index (χ2v) is 5.22. The lowest BCUT2D eigenvalue weighted by molar-refractivity contribution is 0.0517. The van der Waals surface area contributed by atoms with Crippen LogP contribution in [-0.2, 0) is 11.3 Å². The van der Waals surface area contributed by atoms with E-state index in [0.29, 0.717) is 11.3 Å². The fraction of sp³-hybridized carbons (Fsp3) is 0.429. The fourth-order valence-electron chi connectivity index (χ4n) is 1.92. The molecule has 1 N–H and O–H groups in total. The predicted octanol–water partition coefficient (Wildman–Crippen LogP) is 1.29. The topological polar surface area (TPSA) is 90.1 Å². The number of esters is 1. The van der Waals surface area contributed by atoms with Gasteiger partial charge in [0.15, 0.2) is 5.69 Å². The van der Waals surface area contributed by atoms with E-state index in [1.165, 1.54) is 4.68 Å². The van der Waals surface area contributed by atoms with Crippen LogP contribution in [0.5, 0.6) is 0 Å². The van der Waals surface area contributed by atoms with E-state index in [-0.39, 0.29) is 18.8 Å². The van der Waals surface area contributed by atoms with Gasteiger partial charge in [-0.05, 0) is 32.9 Å².